The van der Waals surface area contributed by atoms with Crippen molar-refractivity contribution in [3.63, 3.8) is 0 Å². The van der Waals surface area contributed by atoms with Gasteiger partial charge in [-0.15, -0.1) is 11.3 Å². The number of hydrogen-bond acceptors (Lipinski definition) is 5. The fraction of sp³-hybridized carbons (Fsp3) is 0.744. The summed E-state index contributed by atoms with van der Waals surface area (Å²) in [6.07, 6.45) is 17.8. The van der Waals surface area contributed by atoms with Gasteiger partial charge in [-0.3, -0.25) is 0 Å². The quantitative estimate of drug-likeness (QED) is 0.233. The van der Waals surface area contributed by atoms with E-state index >= 15 is 0 Å². The SMILES string of the molecule is C[C@H](CCCC(O)c1nc2ccccc2s1)[C@H]1CC[C@H]2/C(=C/C=C3C[C@@H](O[Si](C)(C)C(C)(C)C)C[C@H](O[Si](C)(C)C(C)(C)C)C3)CCC[C@]12C. The van der Waals surface area contributed by atoms with E-state index in [1.54, 1.807) is 16.9 Å². The smallest absolute Gasteiger partial charge is 0.192 e. The molecule has 0 aliphatic heterocycles. The highest BCUT2D eigenvalue weighted by atomic mass is 32.1. The summed E-state index contributed by atoms with van der Waals surface area (Å²) in [7, 11) is -3.78. The number of fused-ring (bicyclic) bond motifs is 2. The van der Waals surface area contributed by atoms with Crippen molar-refractivity contribution >= 4 is 38.2 Å². The molecular weight excluding hydrogens is 667 g/mol. The highest BCUT2D eigenvalue weighted by molar-refractivity contribution is 7.18. The molecule has 7 atom stereocenters. The number of hydrogen-bond donors (Lipinski definition) is 1. The molecule has 3 saturated carbocycles. The van der Waals surface area contributed by atoms with Gasteiger partial charge in [0.25, 0.3) is 0 Å². The van der Waals surface area contributed by atoms with E-state index in [4.69, 9.17) is 13.8 Å². The fourth-order valence-electron chi connectivity index (χ4n) is 9.06. The van der Waals surface area contributed by atoms with E-state index in [9.17, 15) is 5.11 Å². The van der Waals surface area contributed by atoms with Crippen molar-refractivity contribution in [1.82, 2.24) is 4.98 Å². The number of aromatic nitrogens is 1. The van der Waals surface area contributed by atoms with Gasteiger partial charge < -0.3 is 14.0 Å². The molecule has 3 aliphatic carbocycles. The van der Waals surface area contributed by atoms with E-state index in [0.717, 1.165) is 48.5 Å². The molecule has 50 heavy (non-hydrogen) atoms. The predicted octanol–water partition coefficient (Wildman–Crippen LogP) is 13.2. The number of para-hydroxylation sites is 1. The van der Waals surface area contributed by atoms with E-state index in [1.165, 1.54) is 48.8 Å². The topological polar surface area (TPSA) is 51.6 Å². The molecule has 4 nitrogen and oxygen atoms in total. The number of benzene rings is 1. The number of allylic oxidation sites excluding steroid dienone is 3. The largest absolute Gasteiger partial charge is 0.414 e. The van der Waals surface area contributed by atoms with Crippen LogP contribution >= 0.6 is 11.3 Å². The zero-order valence-electron chi connectivity index (χ0n) is 33.8. The van der Waals surface area contributed by atoms with Gasteiger partial charge in [0, 0.05) is 0 Å². The molecule has 1 heterocycles. The van der Waals surface area contributed by atoms with Crippen molar-refractivity contribution in [2.45, 2.75) is 181 Å². The maximum atomic E-state index is 11.0. The van der Waals surface area contributed by atoms with Gasteiger partial charge >= 0.3 is 0 Å². The molecule has 280 valence electrons. The van der Waals surface area contributed by atoms with Crippen LogP contribution in [0.25, 0.3) is 10.2 Å². The summed E-state index contributed by atoms with van der Waals surface area (Å²) in [5.41, 5.74) is 4.60. The molecule has 0 spiro atoms. The first kappa shape index (κ1) is 40.1. The first-order valence-electron chi connectivity index (χ1n) is 20.0. The van der Waals surface area contributed by atoms with Crippen LogP contribution in [0.15, 0.2) is 47.6 Å². The Kier molecular flexibility index (Phi) is 12.3. The second kappa shape index (κ2) is 15.3. The molecule has 0 bridgehead atoms. The Balaban J connectivity index is 1.25. The van der Waals surface area contributed by atoms with Gasteiger partial charge in [-0.2, -0.15) is 0 Å². The summed E-state index contributed by atoms with van der Waals surface area (Å²) in [5.74, 6) is 2.11. The van der Waals surface area contributed by atoms with Crippen molar-refractivity contribution in [1.29, 1.82) is 0 Å². The van der Waals surface area contributed by atoms with Crippen LogP contribution in [0.4, 0.5) is 0 Å². The average Bonchev–Trinajstić information content (AvgIpc) is 3.60. The molecule has 5 rings (SSSR count). The molecule has 7 heteroatoms. The molecule has 0 saturated heterocycles. The first-order chi connectivity index (χ1) is 23.2. The van der Waals surface area contributed by atoms with E-state index in [-0.39, 0.29) is 22.3 Å². The van der Waals surface area contributed by atoms with E-state index in [0.29, 0.717) is 17.3 Å². The molecule has 1 unspecified atom stereocenters. The van der Waals surface area contributed by atoms with Gasteiger partial charge in [0.2, 0.25) is 0 Å². The molecule has 1 aromatic carbocycles. The minimum atomic E-state index is -1.89. The molecule has 1 aromatic heterocycles. The third kappa shape index (κ3) is 8.98. The van der Waals surface area contributed by atoms with Crippen molar-refractivity contribution in [3.05, 3.63) is 52.6 Å². The Morgan fingerprint density at radius 2 is 1.56 bits per heavy atom. The van der Waals surface area contributed by atoms with E-state index in [1.807, 2.05) is 12.1 Å². The van der Waals surface area contributed by atoms with Gasteiger partial charge in [0.05, 0.1) is 22.4 Å². The number of aliphatic hydroxyl groups excluding tert-OH is 1. The van der Waals surface area contributed by atoms with Crippen molar-refractivity contribution in [3.8, 4) is 0 Å². The van der Waals surface area contributed by atoms with Crippen LogP contribution in [0.3, 0.4) is 0 Å². The molecule has 1 N–H and O–H groups in total. The van der Waals surface area contributed by atoms with Gasteiger partial charge in [-0.1, -0.05) is 104 Å². The fourth-order valence-corrected chi connectivity index (χ4v) is 12.8. The molecular formula is C43H71NO3SSi2. The number of thiazole rings is 1. The summed E-state index contributed by atoms with van der Waals surface area (Å²) in [6.45, 7) is 28.9. The summed E-state index contributed by atoms with van der Waals surface area (Å²) in [6, 6.07) is 8.22. The number of aliphatic hydroxyl groups is 1. The molecule has 3 fully saturated rings. The molecule has 0 amide bonds. The Labute approximate surface area is 312 Å². The lowest BCUT2D eigenvalue weighted by Gasteiger charge is -2.45. The lowest BCUT2D eigenvalue weighted by atomic mass is 9.60. The van der Waals surface area contributed by atoms with Crippen LogP contribution in [0.5, 0.6) is 0 Å². The zero-order chi connectivity index (χ0) is 36.7. The molecule has 2 aromatic rings. The summed E-state index contributed by atoms with van der Waals surface area (Å²) < 4.78 is 15.4. The highest BCUT2D eigenvalue weighted by Crippen LogP contribution is 2.60. The second-order valence-electron chi connectivity index (χ2n) is 19.8. The number of nitrogens with zero attached hydrogens (tertiary/aromatic N) is 1. The Bertz CT molecular complexity index is 1440. The summed E-state index contributed by atoms with van der Waals surface area (Å²) >= 11 is 1.64. The van der Waals surface area contributed by atoms with Gasteiger partial charge in [0.1, 0.15) is 11.1 Å². The Morgan fingerprint density at radius 1 is 0.940 bits per heavy atom. The minimum absolute atomic E-state index is 0.199. The van der Waals surface area contributed by atoms with Crippen LogP contribution in [0, 0.1) is 23.2 Å². The third-order valence-corrected chi connectivity index (χ3v) is 24.2. The van der Waals surface area contributed by atoms with Gasteiger partial charge in [-0.05, 0) is 129 Å². The zero-order valence-corrected chi connectivity index (χ0v) is 36.6. The normalized spacial score (nSPS) is 29.0. The molecule has 0 radical (unpaired) electrons. The standard InChI is InChI=1S/C43H71NO3SSi2/c1-30(17-15-20-38(45)40-44-37-19-13-14-21-39(37)48-40)35-24-25-36-32(18-16-26-43(35,36)8)23-22-31-27-33(46-49(9,10)41(2,3)4)29-34(28-31)47-50(11,12)42(5,6)7/h13-14,19,21-23,30,33-36,38,45H,15-18,20,24-29H2,1-12H3/b32-23+/t30-,33-,34-,35-,36+,38?,43-/m1/s1. The first-order valence-corrected chi connectivity index (χ1v) is 26.6. The predicted molar refractivity (Wildman–Crippen MR) is 220 cm³/mol. The Hall–Kier alpha value is -1.10. The van der Waals surface area contributed by atoms with Crippen LogP contribution < -0.4 is 0 Å². The lowest BCUT2D eigenvalue weighted by Crippen LogP contribution is -2.48. The number of rotatable bonds is 11. The lowest BCUT2D eigenvalue weighted by molar-refractivity contribution is 0.0725. The van der Waals surface area contributed by atoms with Gasteiger partial charge in [-0.25, -0.2) is 4.98 Å². The third-order valence-electron chi connectivity index (χ3n) is 14.0. The van der Waals surface area contributed by atoms with E-state index in [2.05, 4.69) is 106 Å². The monoisotopic (exact) mass is 737 g/mol. The van der Waals surface area contributed by atoms with E-state index < -0.39 is 22.7 Å². The van der Waals surface area contributed by atoms with Crippen molar-refractivity contribution in [2.75, 3.05) is 0 Å². The Morgan fingerprint density at radius 3 is 2.16 bits per heavy atom. The maximum Gasteiger partial charge on any atom is 0.192 e. The average molecular weight is 738 g/mol. The van der Waals surface area contributed by atoms with Crippen LogP contribution in [-0.2, 0) is 8.85 Å². The van der Waals surface area contributed by atoms with Crippen LogP contribution in [0.2, 0.25) is 36.3 Å². The van der Waals surface area contributed by atoms with Crippen molar-refractivity contribution in [2.24, 2.45) is 23.2 Å². The highest BCUT2D eigenvalue weighted by Gasteiger charge is 2.50. The minimum Gasteiger partial charge on any atom is -0.414 e. The molecule has 3 aliphatic rings. The summed E-state index contributed by atoms with van der Waals surface area (Å²) in [5, 5.41) is 12.2. The summed E-state index contributed by atoms with van der Waals surface area (Å²) in [4.78, 5) is 4.72. The van der Waals surface area contributed by atoms with Crippen LogP contribution in [-0.4, -0.2) is 38.9 Å². The van der Waals surface area contributed by atoms with Gasteiger partial charge in [0.15, 0.2) is 16.6 Å². The second-order valence-corrected chi connectivity index (χ2v) is 30.3. The maximum absolute atomic E-state index is 11.0. The van der Waals surface area contributed by atoms with Crippen molar-refractivity contribution < 1.29 is 14.0 Å². The van der Waals surface area contributed by atoms with Crippen LogP contribution in [0.1, 0.15) is 137 Å².